The van der Waals surface area contributed by atoms with Gasteiger partial charge in [-0.2, -0.15) is 0 Å². The van der Waals surface area contributed by atoms with E-state index in [1.165, 1.54) is 7.11 Å². The maximum Gasteiger partial charge on any atom is 0.407 e. The lowest BCUT2D eigenvalue weighted by atomic mass is 9.98. The lowest BCUT2D eigenvalue weighted by Crippen LogP contribution is -2.50. The van der Waals surface area contributed by atoms with E-state index in [-0.39, 0.29) is 19.1 Å². The number of aliphatic carboxylic acids is 1. The number of rotatable bonds is 8. The minimum Gasteiger partial charge on any atom is -0.479 e. The third-order valence-electron chi connectivity index (χ3n) is 6.02. The minimum atomic E-state index is -1.18. The molecule has 1 saturated heterocycles. The Labute approximate surface area is 191 Å². The van der Waals surface area contributed by atoms with Crippen LogP contribution in [0.1, 0.15) is 23.5 Å². The van der Waals surface area contributed by atoms with Gasteiger partial charge in [-0.3, -0.25) is 4.79 Å². The molecule has 3 atom stereocenters. The van der Waals surface area contributed by atoms with Crippen molar-refractivity contribution >= 4 is 18.0 Å². The lowest BCUT2D eigenvalue weighted by Gasteiger charge is -2.21. The van der Waals surface area contributed by atoms with Crippen LogP contribution >= 0.6 is 0 Å². The Balaban J connectivity index is 1.33. The van der Waals surface area contributed by atoms with Crippen LogP contribution in [0.15, 0.2) is 48.5 Å². The van der Waals surface area contributed by atoms with Crippen LogP contribution in [0.5, 0.6) is 0 Å². The van der Waals surface area contributed by atoms with Gasteiger partial charge < -0.3 is 30.0 Å². The highest BCUT2D eigenvalue weighted by atomic mass is 16.6. The van der Waals surface area contributed by atoms with E-state index in [0.29, 0.717) is 13.0 Å². The second-order valence-corrected chi connectivity index (χ2v) is 7.96. The molecule has 0 bridgehead atoms. The van der Waals surface area contributed by atoms with Crippen molar-refractivity contribution in [1.82, 2.24) is 10.6 Å². The third kappa shape index (κ3) is 4.84. The number of ether oxygens (including phenoxy) is 3. The number of amides is 2. The molecule has 3 N–H and O–H groups in total. The van der Waals surface area contributed by atoms with Crippen LogP contribution in [0.25, 0.3) is 11.1 Å². The molecule has 1 unspecified atom stereocenters. The van der Waals surface area contributed by atoms with Gasteiger partial charge in [-0.25, -0.2) is 9.59 Å². The van der Waals surface area contributed by atoms with Crippen LogP contribution in [0, 0.1) is 0 Å². The largest absolute Gasteiger partial charge is 0.479 e. The quantitative estimate of drug-likeness (QED) is 0.557. The van der Waals surface area contributed by atoms with Crippen LogP contribution in [-0.2, 0) is 23.8 Å². The van der Waals surface area contributed by atoms with Gasteiger partial charge in [0.15, 0.2) is 12.2 Å². The molecule has 1 fully saturated rings. The SMILES string of the molecule is COC(CNC(=O)[C@H]1OCC[C@H]1NC(=O)OCC1c2ccccc2-c2ccccc21)C(=O)O. The number of carbonyl (C=O) groups excluding carboxylic acids is 2. The number of nitrogens with one attached hydrogen (secondary N) is 2. The summed E-state index contributed by atoms with van der Waals surface area (Å²) in [6.45, 7) is 0.250. The smallest absolute Gasteiger partial charge is 0.407 e. The van der Waals surface area contributed by atoms with Crippen LogP contribution < -0.4 is 10.6 Å². The van der Waals surface area contributed by atoms with Gasteiger partial charge in [0.1, 0.15) is 6.61 Å². The molecule has 0 radical (unpaired) electrons. The van der Waals surface area contributed by atoms with Crippen molar-refractivity contribution in [3.8, 4) is 11.1 Å². The van der Waals surface area contributed by atoms with Crippen LogP contribution in [0.2, 0.25) is 0 Å². The number of carboxylic acids is 1. The minimum absolute atomic E-state index is 0.0657. The van der Waals surface area contributed by atoms with Crippen molar-refractivity contribution in [3.63, 3.8) is 0 Å². The third-order valence-corrected chi connectivity index (χ3v) is 6.02. The Bertz CT molecular complexity index is 995. The number of carbonyl (C=O) groups is 3. The molecule has 0 saturated carbocycles. The monoisotopic (exact) mass is 454 g/mol. The molecule has 2 aromatic carbocycles. The van der Waals surface area contributed by atoms with E-state index in [0.717, 1.165) is 22.3 Å². The molecule has 2 amide bonds. The van der Waals surface area contributed by atoms with E-state index in [9.17, 15) is 14.4 Å². The molecular formula is C24H26N2O7. The molecular weight excluding hydrogens is 428 g/mol. The van der Waals surface area contributed by atoms with E-state index in [2.05, 4.69) is 22.8 Å². The first-order valence-corrected chi connectivity index (χ1v) is 10.8. The van der Waals surface area contributed by atoms with Crippen molar-refractivity contribution in [1.29, 1.82) is 0 Å². The molecule has 9 heteroatoms. The summed E-state index contributed by atoms with van der Waals surface area (Å²) in [6.07, 6.45) is -2.29. The van der Waals surface area contributed by atoms with E-state index in [1.54, 1.807) is 0 Å². The Morgan fingerprint density at radius 3 is 2.33 bits per heavy atom. The first kappa shape index (κ1) is 22.8. The molecule has 0 aromatic heterocycles. The predicted molar refractivity (Wildman–Crippen MR) is 118 cm³/mol. The fourth-order valence-electron chi connectivity index (χ4n) is 4.35. The van der Waals surface area contributed by atoms with Gasteiger partial charge in [-0.1, -0.05) is 48.5 Å². The highest BCUT2D eigenvalue weighted by Crippen LogP contribution is 2.44. The van der Waals surface area contributed by atoms with Crippen LogP contribution in [-0.4, -0.2) is 68.2 Å². The number of alkyl carbamates (subject to hydrolysis) is 1. The maximum atomic E-state index is 12.5. The molecule has 2 aliphatic rings. The number of hydrogen-bond acceptors (Lipinski definition) is 6. The van der Waals surface area contributed by atoms with Gasteiger partial charge >= 0.3 is 12.1 Å². The summed E-state index contributed by atoms with van der Waals surface area (Å²) in [5.74, 6) is -1.76. The molecule has 1 heterocycles. The van der Waals surface area contributed by atoms with E-state index < -0.39 is 36.2 Å². The van der Waals surface area contributed by atoms with E-state index >= 15 is 0 Å². The topological polar surface area (TPSA) is 123 Å². The summed E-state index contributed by atoms with van der Waals surface area (Å²) in [5.41, 5.74) is 4.50. The molecule has 33 heavy (non-hydrogen) atoms. The first-order valence-electron chi connectivity index (χ1n) is 10.8. The van der Waals surface area contributed by atoms with Crippen molar-refractivity contribution in [2.45, 2.75) is 30.6 Å². The second kappa shape index (κ2) is 10.0. The van der Waals surface area contributed by atoms with E-state index in [1.807, 2.05) is 36.4 Å². The van der Waals surface area contributed by atoms with Gasteiger partial charge in [0, 0.05) is 19.6 Å². The molecule has 1 aliphatic carbocycles. The van der Waals surface area contributed by atoms with Crippen LogP contribution in [0.3, 0.4) is 0 Å². The average Bonchev–Trinajstić information content (AvgIpc) is 3.40. The van der Waals surface area contributed by atoms with Crippen molar-refractivity contribution in [2.24, 2.45) is 0 Å². The van der Waals surface area contributed by atoms with Crippen LogP contribution in [0.4, 0.5) is 4.79 Å². The average molecular weight is 454 g/mol. The lowest BCUT2D eigenvalue weighted by molar-refractivity contribution is -0.148. The summed E-state index contributed by atoms with van der Waals surface area (Å²) in [7, 11) is 1.25. The van der Waals surface area contributed by atoms with Gasteiger partial charge in [0.25, 0.3) is 5.91 Å². The van der Waals surface area contributed by atoms with Crippen molar-refractivity contribution < 1.29 is 33.7 Å². The zero-order chi connectivity index (χ0) is 23.4. The highest BCUT2D eigenvalue weighted by Gasteiger charge is 2.36. The second-order valence-electron chi connectivity index (χ2n) is 7.96. The summed E-state index contributed by atoms with van der Waals surface area (Å²) in [4.78, 5) is 36.0. The molecule has 9 nitrogen and oxygen atoms in total. The fourth-order valence-corrected chi connectivity index (χ4v) is 4.35. The number of fused-ring (bicyclic) bond motifs is 3. The maximum absolute atomic E-state index is 12.5. The molecule has 4 rings (SSSR count). The first-order chi connectivity index (χ1) is 16.0. The van der Waals surface area contributed by atoms with Crippen molar-refractivity contribution in [2.75, 3.05) is 26.9 Å². The fraction of sp³-hybridized carbons (Fsp3) is 0.375. The Morgan fingerprint density at radius 2 is 1.73 bits per heavy atom. The van der Waals surface area contributed by atoms with Gasteiger partial charge in [-0.15, -0.1) is 0 Å². The van der Waals surface area contributed by atoms with Gasteiger partial charge in [0.05, 0.1) is 12.6 Å². The summed E-state index contributed by atoms with van der Waals surface area (Å²) < 4.78 is 15.8. The molecule has 1 aliphatic heterocycles. The number of carboxylic acid groups (broad SMARTS) is 1. The zero-order valence-electron chi connectivity index (χ0n) is 18.2. The Hall–Kier alpha value is -3.43. The van der Waals surface area contributed by atoms with Gasteiger partial charge in [-0.05, 0) is 28.7 Å². The van der Waals surface area contributed by atoms with Gasteiger partial charge in [0.2, 0.25) is 0 Å². The molecule has 0 spiro atoms. The predicted octanol–water partition coefficient (Wildman–Crippen LogP) is 1.90. The Kier molecular flexibility index (Phi) is 6.90. The summed E-state index contributed by atoms with van der Waals surface area (Å²) >= 11 is 0. The number of methoxy groups -OCH3 is 1. The number of hydrogen-bond donors (Lipinski definition) is 3. The summed E-state index contributed by atoms with van der Waals surface area (Å²) in [6, 6.07) is 15.5. The van der Waals surface area contributed by atoms with Crippen molar-refractivity contribution in [3.05, 3.63) is 59.7 Å². The van der Waals surface area contributed by atoms with E-state index in [4.69, 9.17) is 19.3 Å². The molecule has 174 valence electrons. The normalized spacial score (nSPS) is 19.9. The summed E-state index contributed by atoms with van der Waals surface area (Å²) in [5, 5.41) is 14.2. The highest BCUT2D eigenvalue weighted by molar-refractivity contribution is 5.84. The Morgan fingerprint density at radius 1 is 1.09 bits per heavy atom. The number of benzene rings is 2. The molecule has 2 aromatic rings. The standard InChI is InChI=1S/C24H26N2O7/c1-31-20(23(28)29)12-25-22(27)21-19(10-11-32-21)26-24(30)33-13-18-16-8-4-2-6-14(16)15-7-3-5-9-17(15)18/h2-9,18-21H,10-13H2,1H3,(H,25,27)(H,26,30)(H,28,29)/t19-,20?,21+/m1/s1. The zero-order valence-corrected chi connectivity index (χ0v) is 18.2.